The Labute approximate surface area is 130 Å². The first-order valence-electron chi connectivity index (χ1n) is 6.82. The van der Waals surface area contributed by atoms with Crippen LogP contribution in [0.1, 0.15) is 30.2 Å². The maximum atomic E-state index is 5.30. The van der Waals surface area contributed by atoms with Gasteiger partial charge in [0.1, 0.15) is 0 Å². The zero-order valence-electron chi connectivity index (χ0n) is 11.8. The van der Waals surface area contributed by atoms with Crippen LogP contribution in [-0.2, 0) is 6.42 Å². The maximum absolute atomic E-state index is 5.30. The molecule has 0 saturated heterocycles. The molecule has 0 unspecified atom stereocenters. The standard InChI is InChI=1S/C16H20N2S2/c1-12(2)13-5-7-14(8-6-13)18-16(19)17-10-9-15-4-3-11-20-15/h3-8,11-12H,9-10H2,1-2H3,(H2,17,18,19). The minimum atomic E-state index is 0.555. The molecule has 0 fully saturated rings. The summed E-state index contributed by atoms with van der Waals surface area (Å²) in [6.45, 7) is 5.24. The summed E-state index contributed by atoms with van der Waals surface area (Å²) in [7, 11) is 0. The predicted octanol–water partition coefficient (Wildman–Crippen LogP) is 4.40. The second-order valence-corrected chi connectivity index (χ2v) is 6.43. The van der Waals surface area contributed by atoms with E-state index in [-0.39, 0.29) is 0 Å². The van der Waals surface area contributed by atoms with E-state index in [1.54, 1.807) is 11.3 Å². The van der Waals surface area contributed by atoms with Gasteiger partial charge in [-0.1, -0.05) is 32.0 Å². The molecule has 1 aromatic heterocycles. The Morgan fingerprint density at radius 3 is 2.55 bits per heavy atom. The summed E-state index contributed by atoms with van der Waals surface area (Å²) in [5.41, 5.74) is 2.37. The van der Waals surface area contributed by atoms with Crippen LogP contribution in [0.15, 0.2) is 41.8 Å². The minimum Gasteiger partial charge on any atom is -0.362 e. The van der Waals surface area contributed by atoms with Gasteiger partial charge in [-0.3, -0.25) is 0 Å². The summed E-state index contributed by atoms with van der Waals surface area (Å²) in [4.78, 5) is 1.38. The summed E-state index contributed by atoms with van der Waals surface area (Å²) in [5.74, 6) is 0.555. The zero-order valence-corrected chi connectivity index (χ0v) is 13.5. The quantitative estimate of drug-likeness (QED) is 0.801. The Balaban J connectivity index is 1.76. The van der Waals surface area contributed by atoms with E-state index in [1.165, 1.54) is 10.4 Å². The van der Waals surface area contributed by atoms with Crippen molar-refractivity contribution in [2.45, 2.75) is 26.2 Å². The molecular weight excluding hydrogens is 284 g/mol. The van der Waals surface area contributed by atoms with Crippen molar-refractivity contribution < 1.29 is 0 Å². The summed E-state index contributed by atoms with van der Waals surface area (Å²) in [5, 5.41) is 9.22. The number of nitrogens with one attached hydrogen (secondary N) is 2. The van der Waals surface area contributed by atoms with Gasteiger partial charge in [0.2, 0.25) is 0 Å². The number of benzene rings is 1. The SMILES string of the molecule is CC(C)c1ccc(NC(=S)NCCc2cccs2)cc1. The van der Waals surface area contributed by atoms with Crippen LogP contribution in [0.3, 0.4) is 0 Å². The van der Waals surface area contributed by atoms with Gasteiger partial charge in [0.25, 0.3) is 0 Å². The number of thiophene rings is 1. The Hall–Kier alpha value is -1.39. The Morgan fingerprint density at radius 1 is 1.20 bits per heavy atom. The first-order chi connectivity index (χ1) is 9.65. The lowest BCUT2D eigenvalue weighted by Crippen LogP contribution is -2.30. The lowest BCUT2D eigenvalue weighted by molar-refractivity contribution is 0.867. The van der Waals surface area contributed by atoms with Crippen molar-refractivity contribution in [3.63, 3.8) is 0 Å². The van der Waals surface area contributed by atoms with Crippen LogP contribution < -0.4 is 10.6 Å². The van der Waals surface area contributed by atoms with Gasteiger partial charge in [0.05, 0.1) is 0 Å². The van der Waals surface area contributed by atoms with Gasteiger partial charge in [-0.15, -0.1) is 11.3 Å². The molecule has 0 radical (unpaired) electrons. The highest BCUT2D eigenvalue weighted by Crippen LogP contribution is 2.17. The molecule has 0 spiro atoms. The van der Waals surface area contributed by atoms with E-state index >= 15 is 0 Å². The number of thiocarbonyl (C=S) groups is 1. The molecule has 0 bridgehead atoms. The number of hydrogen-bond acceptors (Lipinski definition) is 2. The molecule has 2 rings (SSSR count). The van der Waals surface area contributed by atoms with Crippen molar-refractivity contribution in [3.05, 3.63) is 52.2 Å². The molecule has 20 heavy (non-hydrogen) atoms. The highest BCUT2D eigenvalue weighted by atomic mass is 32.1. The third-order valence-electron chi connectivity index (χ3n) is 3.07. The van der Waals surface area contributed by atoms with E-state index in [2.05, 4.69) is 66.3 Å². The third kappa shape index (κ3) is 4.62. The maximum Gasteiger partial charge on any atom is 0.170 e. The fourth-order valence-electron chi connectivity index (χ4n) is 1.88. The molecule has 2 nitrogen and oxygen atoms in total. The second kappa shape index (κ2) is 7.41. The Kier molecular flexibility index (Phi) is 5.56. The predicted molar refractivity (Wildman–Crippen MR) is 92.8 cm³/mol. The molecule has 2 N–H and O–H groups in total. The largest absolute Gasteiger partial charge is 0.362 e. The van der Waals surface area contributed by atoms with Crippen LogP contribution in [0.25, 0.3) is 0 Å². The minimum absolute atomic E-state index is 0.555. The van der Waals surface area contributed by atoms with E-state index in [1.807, 2.05) is 0 Å². The van der Waals surface area contributed by atoms with Gasteiger partial charge >= 0.3 is 0 Å². The molecule has 0 saturated carbocycles. The van der Waals surface area contributed by atoms with Crippen molar-refractivity contribution in [2.75, 3.05) is 11.9 Å². The molecule has 106 valence electrons. The first-order valence-corrected chi connectivity index (χ1v) is 8.11. The van der Waals surface area contributed by atoms with Crippen LogP contribution in [0.5, 0.6) is 0 Å². The summed E-state index contributed by atoms with van der Waals surface area (Å²) < 4.78 is 0. The Morgan fingerprint density at radius 2 is 1.95 bits per heavy atom. The van der Waals surface area contributed by atoms with Crippen molar-refractivity contribution in [1.29, 1.82) is 0 Å². The molecule has 1 heterocycles. The molecular formula is C16H20N2S2. The van der Waals surface area contributed by atoms with Crippen LogP contribution in [0.2, 0.25) is 0 Å². The molecule has 0 atom stereocenters. The van der Waals surface area contributed by atoms with Gasteiger partial charge in [-0.25, -0.2) is 0 Å². The van der Waals surface area contributed by atoms with E-state index in [4.69, 9.17) is 12.2 Å². The van der Waals surface area contributed by atoms with Crippen LogP contribution in [0, 0.1) is 0 Å². The lowest BCUT2D eigenvalue weighted by Gasteiger charge is -2.11. The molecule has 0 amide bonds. The van der Waals surface area contributed by atoms with E-state index in [9.17, 15) is 0 Å². The van der Waals surface area contributed by atoms with E-state index < -0.39 is 0 Å². The number of rotatable bonds is 5. The highest BCUT2D eigenvalue weighted by molar-refractivity contribution is 7.80. The van der Waals surface area contributed by atoms with E-state index in [0.29, 0.717) is 11.0 Å². The number of anilines is 1. The monoisotopic (exact) mass is 304 g/mol. The third-order valence-corrected chi connectivity index (χ3v) is 4.25. The fourth-order valence-corrected chi connectivity index (χ4v) is 2.81. The average molecular weight is 304 g/mol. The normalized spacial score (nSPS) is 10.6. The smallest absolute Gasteiger partial charge is 0.170 e. The first kappa shape index (κ1) is 15.0. The molecule has 0 aliphatic heterocycles. The van der Waals surface area contributed by atoms with Gasteiger partial charge in [-0.05, 0) is 53.7 Å². The van der Waals surface area contributed by atoms with Gasteiger partial charge in [-0.2, -0.15) is 0 Å². The second-order valence-electron chi connectivity index (χ2n) is 4.99. The Bertz CT molecular complexity index is 530. The summed E-state index contributed by atoms with van der Waals surface area (Å²) in [6.07, 6.45) is 1.01. The van der Waals surface area contributed by atoms with Gasteiger partial charge in [0, 0.05) is 17.1 Å². The lowest BCUT2D eigenvalue weighted by atomic mass is 10.0. The fraction of sp³-hybridized carbons (Fsp3) is 0.312. The zero-order chi connectivity index (χ0) is 14.4. The van der Waals surface area contributed by atoms with E-state index in [0.717, 1.165) is 18.7 Å². The van der Waals surface area contributed by atoms with Crippen molar-refractivity contribution >= 4 is 34.4 Å². The molecule has 4 heteroatoms. The van der Waals surface area contributed by atoms with Crippen LogP contribution >= 0.6 is 23.6 Å². The van der Waals surface area contributed by atoms with Crippen molar-refractivity contribution in [1.82, 2.24) is 5.32 Å². The van der Waals surface area contributed by atoms with Crippen LogP contribution in [0.4, 0.5) is 5.69 Å². The summed E-state index contributed by atoms with van der Waals surface area (Å²) >= 11 is 7.08. The molecule has 0 aliphatic carbocycles. The van der Waals surface area contributed by atoms with Gasteiger partial charge in [0.15, 0.2) is 5.11 Å². The van der Waals surface area contributed by atoms with Gasteiger partial charge < -0.3 is 10.6 Å². The topological polar surface area (TPSA) is 24.1 Å². The highest BCUT2D eigenvalue weighted by Gasteiger charge is 2.01. The molecule has 1 aromatic carbocycles. The molecule has 0 aliphatic rings. The van der Waals surface area contributed by atoms with Crippen molar-refractivity contribution in [2.24, 2.45) is 0 Å². The van der Waals surface area contributed by atoms with Crippen molar-refractivity contribution in [3.8, 4) is 0 Å². The van der Waals surface area contributed by atoms with Crippen LogP contribution in [-0.4, -0.2) is 11.7 Å². The number of hydrogen-bond donors (Lipinski definition) is 2. The summed E-state index contributed by atoms with van der Waals surface area (Å²) in [6, 6.07) is 12.6. The molecule has 2 aromatic rings. The average Bonchev–Trinajstić information content (AvgIpc) is 2.92.